The Kier molecular flexibility index (Phi) is 8.16. The monoisotopic (exact) mass is 294 g/mol. The molecule has 2 N–H and O–H groups in total. The minimum absolute atomic E-state index is 0.234. The minimum atomic E-state index is 0.234. The summed E-state index contributed by atoms with van der Waals surface area (Å²) in [7, 11) is 0. The van der Waals surface area contributed by atoms with Gasteiger partial charge in [-0.15, -0.1) is 0 Å². The molecule has 0 heterocycles. The molecule has 2 aliphatic carbocycles. The largest absolute Gasteiger partial charge is 0.353 e. The minimum Gasteiger partial charge on any atom is -0.353 e. The number of hydrogen-bond donors (Lipinski definition) is 2. The van der Waals surface area contributed by atoms with Crippen molar-refractivity contribution in [3.8, 4) is 0 Å². The van der Waals surface area contributed by atoms with E-state index in [1.165, 1.54) is 83.5 Å². The molecule has 0 atom stereocenters. The second-order valence-electron chi connectivity index (χ2n) is 7.00. The Balaban J connectivity index is 1.59. The van der Waals surface area contributed by atoms with Gasteiger partial charge < -0.3 is 10.6 Å². The van der Waals surface area contributed by atoms with E-state index in [0.717, 1.165) is 6.54 Å². The average Bonchev–Trinajstić information content (AvgIpc) is 3.25. The average molecular weight is 294 g/mol. The van der Waals surface area contributed by atoms with Crippen molar-refractivity contribution in [1.82, 2.24) is 10.6 Å². The fourth-order valence-electron chi connectivity index (χ4n) is 3.28. The summed E-state index contributed by atoms with van der Waals surface area (Å²) in [6.45, 7) is 0.850. The third-order valence-electron chi connectivity index (χ3n) is 4.83. The zero-order valence-corrected chi connectivity index (χ0v) is 13.7. The van der Waals surface area contributed by atoms with E-state index in [4.69, 9.17) is 0 Å². The molecule has 0 aromatic rings. The van der Waals surface area contributed by atoms with Gasteiger partial charge in [-0.25, -0.2) is 0 Å². The highest BCUT2D eigenvalue weighted by Gasteiger charge is 2.22. The molecule has 0 unspecified atom stereocenters. The zero-order chi connectivity index (χ0) is 14.8. The van der Waals surface area contributed by atoms with Crippen molar-refractivity contribution in [2.45, 2.75) is 102 Å². The smallest absolute Gasteiger partial charge is 0.221 e. The molecule has 3 nitrogen and oxygen atoms in total. The predicted molar refractivity (Wildman–Crippen MR) is 88.4 cm³/mol. The van der Waals surface area contributed by atoms with E-state index in [9.17, 15) is 4.79 Å². The van der Waals surface area contributed by atoms with Crippen molar-refractivity contribution in [3.05, 3.63) is 0 Å². The summed E-state index contributed by atoms with van der Waals surface area (Å²) >= 11 is 0. The van der Waals surface area contributed by atoms with E-state index in [2.05, 4.69) is 10.6 Å². The maximum atomic E-state index is 11.7. The van der Waals surface area contributed by atoms with Crippen molar-refractivity contribution in [1.29, 1.82) is 0 Å². The summed E-state index contributed by atoms with van der Waals surface area (Å²) in [5.74, 6) is 0.234. The lowest BCUT2D eigenvalue weighted by atomic mass is 9.98. The van der Waals surface area contributed by atoms with Gasteiger partial charge in [-0.2, -0.15) is 0 Å². The zero-order valence-electron chi connectivity index (χ0n) is 13.7. The lowest BCUT2D eigenvalue weighted by Crippen LogP contribution is -2.34. The number of carbonyl (C=O) groups is 1. The van der Waals surface area contributed by atoms with Crippen LogP contribution >= 0.6 is 0 Å². The lowest BCUT2D eigenvalue weighted by molar-refractivity contribution is -0.121. The van der Waals surface area contributed by atoms with Crippen molar-refractivity contribution in [3.63, 3.8) is 0 Å². The van der Waals surface area contributed by atoms with Crippen LogP contribution < -0.4 is 10.6 Å². The lowest BCUT2D eigenvalue weighted by Gasteiger charge is -2.19. The van der Waals surface area contributed by atoms with Gasteiger partial charge in [0.25, 0.3) is 0 Å². The van der Waals surface area contributed by atoms with Crippen LogP contribution in [-0.4, -0.2) is 24.5 Å². The van der Waals surface area contributed by atoms with Crippen molar-refractivity contribution < 1.29 is 4.79 Å². The van der Waals surface area contributed by atoms with Crippen LogP contribution in [0, 0.1) is 0 Å². The van der Waals surface area contributed by atoms with E-state index < -0.39 is 0 Å². The van der Waals surface area contributed by atoms with E-state index in [0.29, 0.717) is 18.5 Å². The third-order valence-corrected chi connectivity index (χ3v) is 4.83. The SMILES string of the molecule is O=C(CCNC1CCCCCCCCCCC1)NC1CC1. The summed E-state index contributed by atoms with van der Waals surface area (Å²) in [6.07, 6.45) is 18.2. The van der Waals surface area contributed by atoms with E-state index >= 15 is 0 Å². The molecule has 21 heavy (non-hydrogen) atoms. The van der Waals surface area contributed by atoms with Gasteiger partial charge >= 0.3 is 0 Å². The van der Waals surface area contributed by atoms with E-state index in [1.54, 1.807) is 0 Å². The second kappa shape index (κ2) is 10.2. The van der Waals surface area contributed by atoms with Gasteiger partial charge in [-0.05, 0) is 25.7 Å². The van der Waals surface area contributed by atoms with Gasteiger partial charge in [-0.1, -0.05) is 57.8 Å². The number of hydrogen-bond acceptors (Lipinski definition) is 2. The summed E-state index contributed by atoms with van der Waals surface area (Å²) in [6, 6.07) is 1.14. The fourth-order valence-corrected chi connectivity index (χ4v) is 3.28. The molecule has 2 rings (SSSR count). The molecule has 0 aliphatic heterocycles. The first-order chi connectivity index (χ1) is 10.3. The molecule has 2 saturated carbocycles. The van der Waals surface area contributed by atoms with Gasteiger partial charge in [-0.3, -0.25) is 4.79 Å². The molecule has 0 spiro atoms. The highest BCUT2D eigenvalue weighted by atomic mass is 16.1. The highest BCUT2D eigenvalue weighted by molar-refractivity contribution is 5.76. The number of amides is 1. The highest BCUT2D eigenvalue weighted by Crippen LogP contribution is 2.19. The van der Waals surface area contributed by atoms with Crippen molar-refractivity contribution >= 4 is 5.91 Å². The van der Waals surface area contributed by atoms with Crippen LogP contribution in [0.2, 0.25) is 0 Å². The number of nitrogens with one attached hydrogen (secondary N) is 2. The predicted octanol–water partition coefficient (Wildman–Crippen LogP) is 3.92. The first-order valence-corrected chi connectivity index (χ1v) is 9.37. The topological polar surface area (TPSA) is 41.1 Å². The van der Waals surface area contributed by atoms with Crippen LogP contribution in [0.25, 0.3) is 0 Å². The van der Waals surface area contributed by atoms with Crippen LogP contribution in [0.5, 0.6) is 0 Å². The van der Waals surface area contributed by atoms with Gasteiger partial charge in [0.05, 0.1) is 0 Å². The Labute approximate surface area is 130 Å². The van der Waals surface area contributed by atoms with Gasteiger partial charge in [0.1, 0.15) is 0 Å². The molecule has 0 aromatic carbocycles. The molecule has 0 bridgehead atoms. The fraction of sp³-hybridized carbons (Fsp3) is 0.944. The van der Waals surface area contributed by atoms with E-state index in [-0.39, 0.29) is 5.91 Å². The first kappa shape index (κ1) is 16.8. The summed E-state index contributed by atoms with van der Waals surface area (Å²) in [5, 5.41) is 6.71. The van der Waals surface area contributed by atoms with Gasteiger partial charge in [0, 0.05) is 25.0 Å². The van der Waals surface area contributed by atoms with Gasteiger partial charge in [0.2, 0.25) is 5.91 Å². The number of rotatable bonds is 5. The molecule has 3 heteroatoms. The molecule has 0 aromatic heterocycles. The molecular formula is C18H34N2O. The molecular weight excluding hydrogens is 260 g/mol. The van der Waals surface area contributed by atoms with Crippen LogP contribution in [-0.2, 0) is 4.79 Å². The molecule has 0 radical (unpaired) electrons. The van der Waals surface area contributed by atoms with Crippen molar-refractivity contribution in [2.24, 2.45) is 0 Å². The summed E-state index contributed by atoms with van der Waals surface area (Å²) in [4.78, 5) is 11.7. The molecule has 1 amide bonds. The maximum absolute atomic E-state index is 11.7. The van der Waals surface area contributed by atoms with Crippen LogP contribution in [0.4, 0.5) is 0 Å². The Morgan fingerprint density at radius 1 is 0.714 bits per heavy atom. The summed E-state index contributed by atoms with van der Waals surface area (Å²) in [5.41, 5.74) is 0. The Morgan fingerprint density at radius 3 is 1.76 bits per heavy atom. The quantitative estimate of drug-likeness (QED) is 0.807. The first-order valence-electron chi connectivity index (χ1n) is 9.37. The molecule has 0 saturated heterocycles. The maximum Gasteiger partial charge on any atom is 0.221 e. The standard InChI is InChI=1S/C18H34N2O/c21-18(20-17-12-13-17)14-15-19-16-10-8-6-4-2-1-3-5-7-9-11-16/h16-17,19H,1-15H2,(H,20,21). The second-order valence-corrected chi connectivity index (χ2v) is 7.00. The molecule has 122 valence electrons. The molecule has 2 aliphatic rings. The summed E-state index contributed by atoms with van der Waals surface area (Å²) < 4.78 is 0. The van der Waals surface area contributed by atoms with Gasteiger partial charge in [0.15, 0.2) is 0 Å². The number of carbonyl (C=O) groups excluding carboxylic acids is 1. The van der Waals surface area contributed by atoms with Crippen LogP contribution in [0.3, 0.4) is 0 Å². The van der Waals surface area contributed by atoms with Crippen LogP contribution in [0.15, 0.2) is 0 Å². The van der Waals surface area contributed by atoms with Crippen molar-refractivity contribution in [2.75, 3.05) is 6.54 Å². The third kappa shape index (κ3) is 8.45. The normalized spacial score (nSPS) is 23.0. The molecule has 2 fully saturated rings. The van der Waals surface area contributed by atoms with E-state index in [1.807, 2.05) is 0 Å². The Hall–Kier alpha value is -0.570. The van der Waals surface area contributed by atoms with Crippen LogP contribution in [0.1, 0.15) is 89.9 Å². The Bertz CT molecular complexity index is 277. The Morgan fingerprint density at radius 2 is 1.24 bits per heavy atom.